The summed E-state index contributed by atoms with van der Waals surface area (Å²) in [5.74, 6) is 3.66. The molecule has 0 fully saturated rings. The number of imidazole rings is 1. The number of aryl methyl sites for hydroxylation is 1. The molecule has 0 aromatic carbocycles. The Morgan fingerprint density at radius 1 is 1.47 bits per heavy atom. The van der Waals surface area contributed by atoms with Gasteiger partial charge in [-0.3, -0.25) is 0 Å². The Labute approximate surface area is 96.7 Å². The van der Waals surface area contributed by atoms with E-state index in [2.05, 4.69) is 21.8 Å². The first-order valence-electron chi connectivity index (χ1n) is 5.59. The minimum Gasteiger partial charge on any atom is -0.338 e. The SMILES string of the molecule is CCSCCCNCCc1nccn1C. The lowest BCUT2D eigenvalue weighted by Crippen LogP contribution is -2.20. The predicted octanol–water partition coefficient (Wildman–Crippen LogP) is 1.70. The van der Waals surface area contributed by atoms with Crippen molar-refractivity contribution in [2.75, 3.05) is 24.6 Å². The average Bonchev–Trinajstić information content (AvgIpc) is 2.63. The fourth-order valence-electron chi connectivity index (χ4n) is 1.41. The molecule has 0 unspecified atom stereocenters. The van der Waals surface area contributed by atoms with Gasteiger partial charge in [0.15, 0.2) is 0 Å². The van der Waals surface area contributed by atoms with Gasteiger partial charge in [-0.2, -0.15) is 11.8 Å². The van der Waals surface area contributed by atoms with E-state index >= 15 is 0 Å². The number of nitrogens with zero attached hydrogens (tertiary/aromatic N) is 2. The van der Waals surface area contributed by atoms with Crippen molar-refractivity contribution in [3.63, 3.8) is 0 Å². The zero-order valence-electron chi connectivity index (χ0n) is 9.70. The van der Waals surface area contributed by atoms with Crippen LogP contribution in [0.15, 0.2) is 12.4 Å². The standard InChI is InChI=1S/C11H21N3S/c1-3-15-10-4-6-12-7-5-11-13-8-9-14(11)2/h8-9,12H,3-7,10H2,1-2H3. The van der Waals surface area contributed by atoms with Crippen molar-refractivity contribution in [1.29, 1.82) is 0 Å². The van der Waals surface area contributed by atoms with Crippen molar-refractivity contribution in [3.05, 3.63) is 18.2 Å². The van der Waals surface area contributed by atoms with E-state index in [0.29, 0.717) is 0 Å². The molecule has 0 saturated carbocycles. The summed E-state index contributed by atoms with van der Waals surface area (Å²) in [5.41, 5.74) is 0. The van der Waals surface area contributed by atoms with Gasteiger partial charge in [0.1, 0.15) is 5.82 Å². The number of hydrogen-bond acceptors (Lipinski definition) is 3. The van der Waals surface area contributed by atoms with Crippen LogP contribution in [-0.2, 0) is 13.5 Å². The molecular weight excluding hydrogens is 206 g/mol. The molecule has 0 aliphatic carbocycles. The van der Waals surface area contributed by atoms with E-state index in [0.717, 1.165) is 25.3 Å². The highest BCUT2D eigenvalue weighted by molar-refractivity contribution is 7.99. The molecule has 1 N–H and O–H groups in total. The molecule has 0 aliphatic rings. The van der Waals surface area contributed by atoms with Crippen LogP contribution in [0.25, 0.3) is 0 Å². The second kappa shape index (κ2) is 7.77. The molecule has 3 nitrogen and oxygen atoms in total. The fraction of sp³-hybridized carbons (Fsp3) is 0.727. The van der Waals surface area contributed by atoms with Gasteiger partial charge in [-0.15, -0.1) is 0 Å². The lowest BCUT2D eigenvalue weighted by molar-refractivity contribution is 0.648. The summed E-state index contributed by atoms with van der Waals surface area (Å²) in [4.78, 5) is 4.28. The van der Waals surface area contributed by atoms with Crippen LogP contribution >= 0.6 is 11.8 Å². The molecule has 0 radical (unpaired) electrons. The first-order chi connectivity index (χ1) is 7.34. The Bertz CT molecular complexity index is 260. The summed E-state index contributed by atoms with van der Waals surface area (Å²) in [6.07, 6.45) is 6.13. The van der Waals surface area contributed by atoms with E-state index in [1.165, 1.54) is 17.9 Å². The van der Waals surface area contributed by atoms with E-state index in [4.69, 9.17) is 0 Å². The third-order valence-corrected chi connectivity index (χ3v) is 3.28. The third kappa shape index (κ3) is 5.23. The van der Waals surface area contributed by atoms with Gasteiger partial charge in [-0.05, 0) is 24.5 Å². The maximum Gasteiger partial charge on any atom is 0.109 e. The molecule has 0 aliphatic heterocycles. The second-order valence-electron chi connectivity index (χ2n) is 3.50. The molecule has 0 amide bonds. The Kier molecular flexibility index (Phi) is 6.52. The molecule has 1 aromatic heterocycles. The van der Waals surface area contributed by atoms with Gasteiger partial charge in [0.25, 0.3) is 0 Å². The second-order valence-corrected chi connectivity index (χ2v) is 4.90. The third-order valence-electron chi connectivity index (χ3n) is 2.29. The van der Waals surface area contributed by atoms with Gasteiger partial charge in [-0.25, -0.2) is 4.98 Å². The molecule has 4 heteroatoms. The number of hydrogen-bond donors (Lipinski definition) is 1. The van der Waals surface area contributed by atoms with Crippen LogP contribution in [0, 0.1) is 0 Å². The topological polar surface area (TPSA) is 29.9 Å². The minimum absolute atomic E-state index is 1.02. The van der Waals surface area contributed by atoms with Crippen LogP contribution in [0.2, 0.25) is 0 Å². The Morgan fingerprint density at radius 2 is 2.33 bits per heavy atom. The van der Waals surface area contributed by atoms with Crippen molar-refractivity contribution in [2.45, 2.75) is 19.8 Å². The summed E-state index contributed by atoms with van der Waals surface area (Å²) in [6.45, 7) is 4.36. The van der Waals surface area contributed by atoms with E-state index in [1.807, 2.05) is 31.2 Å². The zero-order valence-corrected chi connectivity index (χ0v) is 10.5. The molecule has 0 spiro atoms. The molecule has 0 bridgehead atoms. The summed E-state index contributed by atoms with van der Waals surface area (Å²) in [7, 11) is 2.04. The first-order valence-corrected chi connectivity index (χ1v) is 6.74. The smallest absolute Gasteiger partial charge is 0.109 e. The Balaban J connectivity index is 1.96. The van der Waals surface area contributed by atoms with Crippen LogP contribution in [-0.4, -0.2) is 34.1 Å². The minimum atomic E-state index is 1.02. The van der Waals surface area contributed by atoms with Gasteiger partial charge < -0.3 is 9.88 Å². The van der Waals surface area contributed by atoms with Crippen LogP contribution in [0.3, 0.4) is 0 Å². The first kappa shape index (κ1) is 12.6. The van der Waals surface area contributed by atoms with E-state index < -0.39 is 0 Å². The maximum atomic E-state index is 4.28. The number of nitrogens with one attached hydrogen (secondary N) is 1. The van der Waals surface area contributed by atoms with Gasteiger partial charge in [0.2, 0.25) is 0 Å². The van der Waals surface area contributed by atoms with Crippen molar-refractivity contribution < 1.29 is 0 Å². The molecular formula is C11H21N3S. The summed E-state index contributed by atoms with van der Waals surface area (Å²) < 4.78 is 2.08. The van der Waals surface area contributed by atoms with Gasteiger partial charge in [0, 0.05) is 32.4 Å². The van der Waals surface area contributed by atoms with Gasteiger partial charge >= 0.3 is 0 Å². The van der Waals surface area contributed by atoms with Crippen LogP contribution in [0.1, 0.15) is 19.2 Å². The monoisotopic (exact) mass is 227 g/mol. The van der Waals surface area contributed by atoms with E-state index in [-0.39, 0.29) is 0 Å². The normalized spacial score (nSPS) is 10.8. The summed E-state index contributed by atoms with van der Waals surface area (Å²) >= 11 is 2.01. The molecule has 15 heavy (non-hydrogen) atoms. The van der Waals surface area contributed by atoms with Crippen molar-refractivity contribution in [3.8, 4) is 0 Å². The lowest BCUT2D eigenvalue weighted by Gasteiger charge is -2.04. The number of rotatable bonds is 8. The largest absolute Gasteiger partial charge is 0.338 e. The van der Waals surface area contributed by atoms with Crippen molar-refractivity contribution >= 4 is 11.8 Å². The predicted molar refractivity (Wildman–Crippen MR) is 67.4 cm³/mol. The average molecular weight is 227 g/mol. The highest BCUT2D eigenvalue weighted by Gasteiger charge is 1.97. The van der Waals surface area contributed by atoms with Gasteiger partial charge in [0.05, 0.1) is 0 Å². The maximum absolute atomic E-state index is 4.28. The van der Waals surface area contributed by atoms with Crippen molar-refractivity contribution in [2.24, 2.45) is 7.05 Å². The number of thioether (sulfide) groups is 1. The molecule has 0 atom stereocenters. The fourth-order valence-corrected chi connectivity index (χ4v) is 2.04. The molecule has 0 saturated heterocycles. The number of aromatic nitrogens is 2. The van der Waals surface area contributed by atoms with Crippen LogP contribution < -0.4 is 5.32 Å². The van der Waals surface area contributed by atoms with E-state index in [1.54, 1.807) is 0 Å². The quantitative estimate of drug-likeness (QED) is 0.686. The molecule has 1 heterocycles. The molecule has 1 rings (SSSR count). The van der Waals surface area contributed by atoms with E-state index in [9.17, 15) is 0 Å². The highest BCUT2D eigenvalue weighted by Crippen LogP contribution is 1.99. The zero-order chi connectivity index (χ0) is 10.9. The Morgan fingerprint density at radius 3 is 3.00 bits per heavy atom. The van der Waals surface area contributed by atoms with Crippen LogP contribution in [0.5, 0.6) is 0 Å². The molecule has 1 aromatic rings. The molecule has 86 valence electrons. The Hall–Kier alpha value is -0.480. The van der Waals surface area contributed by atoms with Gasteiger partial charge in [-0.1, -0.05) is 6.92 Å². The highest BCUT2D eigenvalue weighted by atomic mass is 32.2. The lowest BCUT2D eigenvalue weighted by atomic mass is 10.4. The summed E-state index contributed by atoms with van der Waals surface area (Å²) in [5, 5.41) is 3.44. The van der Waals surface area contributed by atoms with Crippen LogP contribution in [0.4, 0.5) is 0 Å². The van der Waals surface area contributed by atoms with Crippen molar-refractivity contribution in [1.82, 2.24) is 14.9 Å². The summed E-state index contributed by atoms with van der Waals surface area (Å²) in [6, 6.07) is 0.